The van der Waals surface area contributed by atoms with Gasteiger partial charge >= 0.3 is 17.9 Å². The normalized spacial score (nSPS) is 40.7. The third-order valence-corrected chi connectivity index (χ3v) is 5.86. The van der Waals surface area contributed by atoms with Crippen LogP contribution in [0.2, 0.25) is 0 Å². The molecule has 0 aliphatic heterocycles. The molecule has 0 heterocycles. The van der Waals surface area contributed by atoms with E-state index in [9.17, 15) is 34.8 Å². The summed E-state index contributed by atoms with van der Waals surface area (Å²) in [5.41, 5.74) is -5.48. The minimum Gasteiger partial charge on any atom is -0.457 e. The second kappa shape index (κ2) is 6.90. The van der Waals surface area contributed by atoms with Gasteiger partial charge in [-0.3, -0.25) is 0 Å². The monoisotopic (exact) mass is 416 g/mol. The van der Waals surface area contributed by atoms with Gasteiger partial charge < -0.3 is 34.6 Å². The Bertz CT molecular complexity index is 611. The van der Waals surface area contributed by atoms with Crippen molar-refractivity contribution in [2.24, 2.45) is 0 Å². The number of aliphatic hydroxyl groups excluding tert-OH is 3. The van der Waals surface area contributed by atoms with Gasteiger partial charge in [-0.2, -0.15) is 0 Å². The quantitative estimate of drug-likeness (QED) is 0.315. The fourth-order valence-electron chi connectivity index (χ4n) is 5.53. The molecule has 4 saturated carbocycles. The van der Waals surface area contributed by atoms with E-state index in [4.69, 9.17) is 14.2 Å². The standard InChI is InChI=1S/C19H28O10/c1-10(20)13(23)27-17-4-16(26)5-18(7-17,28-14(24)11(2)21)9-19(6-16,8-17)29-15(25)12(3)22/h10-12,20-22,26H,4-9H2,1-3H3. The molecule has 0 radical (unpaired) electrons. The van der Waals surface area contributed by atoms with Gasteiger partial charge in [-0.1, -0.05) is 0 Å². The van der Waals surface area contributed by atoms with Crippen LogP contribution in [0.5, 0.6) is 0 Å². The topological polar surface area (TPSA) is 160 Å². The highest BCUT2D eigenvalue weighted by molar-refractivity contribution is 5.76. The number of carbonyl (C=O) groups excluding carboxylic acids is 3. The first-order valence-electron chi connectivity index (χ1n) is 9.68. The molecule has 0 spiro atoms. The zero-order valence-electron chi connectivity index (χ0n) is 16.7. The average Bonchev–Trinajstić information content (AvgIpc) is 2.50. The average molecular weight is 416 g/mol. The van der Waals surface area contributed by atoms with E-state index >= 15 is 0 Å². The highest BCUT2D eigenvalue weighted by Gasteiger charge is 2.73. The second-order valence-electron chi connectivity index (χ2n) is 9.13. The largest absolute Gasteiger partial charge is 0.457 e. The van der Waals surface area contributed by atoms with Gasteiger partial charge in [-0.15, -0.1) is 0 Å². The van der Waals surface area contributed by atoms with Crippen LogP contribution in [0, 0.1) is 0 Å². The summed E-state index contributed by atoms with van der Waals surface area (Å²) in [6, 6.07) is 0. The maximum atomic E-state index is 12.2. The molecule has 0 aromatic heterocycles. The summed E-state index contributed by atoms with van der Waals surface area (Å²) in [6.07, 6.45) is -4.05. The van der Waals surface area contributed by atoms with Crippen molar-refractivity contribution in [2.45, 2.75) is 100 Å². The zero-order valence-corrected chi connectivity index (χ0v) is 16.7. The third-order valence-electron chi connectivity index (χ3n) is 5.86. The van der Waals surface area contributed by atoms with Crippen molar-refractivity contribution in [1.82, 2.24) is 0 Å². The lowest BCUT2D eigenvalue weighted by molar-refractivity contribution is -0.310. The molecule has 3 unspecified atom stereocenters. The van der Waals surface area contributed by atoms with Crippen LogP contribution in [0.4, 0.5) is 0 Å². The summed E-state index contributed by atoms with van der Waals surface area (Å²) in [6.45, 7) is 3.72. The lowest BCUT2D eigenvalue weighted by Crippen LogP contribution is -2.74. The Kier molecular flexibility index (Phi) is 5.22. The number of hydrogen-bond acceptors (Lipinski definition) is 10. The molecule has 164 valence electrons. The van der Waals surface area contributed by atoms with E-state index in [2.05, 4.69) is 0 Å². The first-order chi connectivity index (χ1) is 13.2. The van der Waals surface area contributed by atoms with Crippen molar-refractivity contribution in [1.29, 1.82) is 0 Å². The van der Waals surface area contributed by atoms with Gasteiger partial charge in [0.1, 0.15) is 35.1 Å². The van der Waals surface area contributed by atoms with Crippen molar-refractivity contribution < 1.29 is 49.0 Å². The number of carbonyl (C=O) groups is 3. The Labute approximate surface area is 167 Å². The van der Waals surface area contributed by atoms with E-state index in [1.807, 2.05) is 0 Å². The molecular formula is C19H28O10. The molecule has 4 fully saturated rings. The Balaban J connectivity index is 2.01. The molecule has 4 N–H and O–H groups in total. The molecule has 4 bridgehead atoms. The van der Waals surface area contributed by atoms with Gasteiger partial charge in [0.15, 0.2) is 0 Å². The maximum absolute atomic E-state index is 12.2. The van der Waals surface area contributed by atoms with Crippen molar-refractivity contribution in [2.75, 3.05) is 0 Å². The van der Waals surface area contributed by atoms with Crippen molar-refractivity contribution in [3.8, 4) is 0 Å². The minimum absolute atomic E-state index is 0.0282. The number of ether oxygens (including phenoxy) is 3. The Morgan fingerprint density at radius 1 is 0.621 bits per heavy atom. The van der Waals surface area contributed by atoms with Gasteiger partial charge in [0.2, 0.25) is 0 Å². The van der Waals surface area contributed by atoms with Crippen molar-refractivity contribution in [3.63, 3.8) is 0 Å². The minimum atomic E-state index is -1.47. The molecule has 10 nitrogen and oxygen atoms in total. The van der Waals surface area contributed by atoms with Crippen LogP contribution in [0.25, 0.3) is 0 Å². The molecule has 4 rings (SSSR count). The van der Waals surface area contributed by atoms with Crippen LogP contribution < -0.4 is 0 Å². The SMILES string of the molecule is CC(O)C(=O)OC12CC3(O)CC(OC(=O)C(C)O)(C1)CC(OC(=O)C(C)O)(C3)C2. The van der Waals surface area contributed by atoms with Crippen molar-refractivity contribution in [3.05, 3.63) is 0 Å². The molecule has 3 atom stereocenters. The molecule has 0 amide bonds. The first-order valence-corrected chi connectivity index (χ1v) is 9.68. The molecule has 0 aromatic rings. The highest BCUT2D eigenvalue weighted by Crippen LogP contribution is 2.64. The summed E-state index contributed by atoms with van der Waals surface area (Å²) in [7, 11) is 0. The van der Waals surface area contributed by atoms with Gasteiger partial charge in [0, 0.05) is 38.5 Å². The molecular weight excluding hydrogens is 388 g/mol. The maximum Gasteiger partial charge on any atom is 0.335 e. The van der Waals surface area contributed by atoms with E-state index in [1.165, 1.54) is 20.8 Å². The number of esters is 3. The third kappa shape index (κ3) is 4.11. The Hall–Kier alpha value is -1.75. The Morgan fingerprint density at radius 2 is 0.862 bits per heavy atom. The molecule has 0 aromatic carbocycles. The second-order valence-corrected chi connectivity index (χ2v) is 9.13. The summed E-state index contributed by atoms with van der Waals surface area (Å²) in [5.74, 6) is -2.74. The first kappa shape index (κ1) is 21.9. The van der Waals surface area contributed by atoms with E-state index in [-0.39, 0.29) is 38.5 Å². The molecule has 10 heteroatoms. The molecule has 4 aliphatic rings. The van der Waals surface area contributed by atoms with Crippen LogP contribution in [-0.2, 0) is 28.6 Å². The lowest BCUT2D eigenvalue weighted by atomic mass is 9.48. The summed E-state index contributed by atoms with van der Waals surface area (Å²) >= 11 is 0. The van der Waals surface area contributed by atoms with E-state index in [0.29, 0.717) is 0 Å². The van der Waals surface area contributed by atoms with Gasteiger partial charge in [-0.05, 0) is 20.8 Å². The smallest absolute Gasteiger partial charge is 0.335 e. The van der Waals surface area contributed by atoms with Crippen LogP contribution >= 0.6 is 0 Å². The van der Waals surface area contributed by atoms with E-state index in [0.717, 1.165) is 0 Å². The van der Waals surface area contributed by atoms with Gasteiger partial charge in [0.25, 0.3) is 0 Å². The predicted molar refractivity (Wildman–Crippen MR) is 94.2 cm³/mol. The van der Waals surface area contributed by atoms with Crippen molar-refractivity contribution >= 4 is 17.9 Å². The van der Waals surface area contributed by atoms with Crippen LogP contribution in [-0.4, -0.2) is 79.1 Å². The molecule has 4 aliphatic carbocycles. The number of hydrogen-bond donors (Lipinski definition) is 4. The zero-order chi connectivity index (χ0) is 21.8. The van der Waals surface area contributed by atoms with Gasteiger partial charge in [0.05, 0.1) is 5.60 Å². The number of aliphatic hydroxyl groups is 4. The predicted octanol–water partition coefficient (Wildman–Crippen LogP) is -0.913. The van der Waals surface area contributed by atoms with E-state index in [1.54, 1.807) is 0 Å². The van der Waals surface area contributed by atoms with Crippen LogP contribution in [0.15, 0.2) is 0 Å². The summed E-state index contributed by atoms with van der Waals surface area (Å²) in [4.78, 5) is 36.5. The highest BCUT2D eigenvalue weighted by atomic mass is 16.6. The van der Waals surface area contributed by atoms with Gasteiger partial charge in [-0.25, -0.2) is 14.4 Å². The fourth-order valence-corrected chi connectivity index (χ4v) is 5.53. The molecule has 0 saturated heterocycles. The summed E-state index contributed by atoms with van der Waals surface area (Å²) in [5, 5.41) is 39.9. The molecule has 29 heavy (non-hydrogen) atoms. The Morgan fingerprint density at radius 3 is 1.07 bits per heavy atom. The fraction of sp³-hybridized carbons (Fsp3) is 0.842. The summed E-state index contributed by atoms with van der Waals surface area (Å²) < 4.78 is 16.7. The number of rotatable bonds is 6. The van der Waals surface area contributed by atoms with E-state index < -0.39 is 58.6 Å². The lowest BCUT2D eigenvalue weighted by Gasteiger charge is -2.66. The van der Waals surface area contributed by atoms with Crippen LogP contribution in [0.3, 0.4) is 0 Å². The van der Waals surface area contributed by atoms with Crippen LogP contribution in [0.1, 0.15) is 59.3 Å².